The van der Waals surface area contributed by atoms with Gasteiger partial charge in [0, 0.05) is 43.9 Å². The fourth-order valence-corrected chi connectivity index (χ4v) is 2.80. The number of aromatic nitrogens is 3. The molecule has 0 unspecified atom stereocenters. The van der Waals surface area contributed by atoms with Gasteiger partial charge in [-0.2, -0.15) is 4.98 Å². The van der Waals surface area contributed by atoms with Gasteiger partial charge in [0.1, 0.15) is 5.82 Å². The molecule has 8 heteroatoms. The van der Waals surface area contributed by atoms with Crippen molar-refractivity contribution in [1.29, 1.82) is 0 Å². The first kappa shape index (κ1) is 14.9. The van der Waals surface area contributed by atoms with Gasteiger partial charge in [0.15, 0.2) is 0 Å². The predicted octanol–water partition coefficient (Wildman–Crippen LogP) is 1.90. The van der Waals surface area contributed by atoms with E-state index in [1.54, 1.807) is 11.1 Å². The minimum atomic E-state index is -0.276. The van der Waals surface area contributed by atoms with Crippen molar-refractivity contribution in [3.05, 3.63) is 24.2 Å². The Balaban J connectivity index is 1.41. The Bertz CT molecular complexity index is 718. The number of anilines is 1. The molecule has 2 aromatic rings. The van der Waals surface area contributed by atoms with Crippen LogP contribution in [0, 0.1) is 0 Å². The Morgan fingerprint density at radius 3 is 2.67 bits per heavy atom. The monoisotopic (exact) mass is 329 g/mol. The second kappa shape index (κ2) is 6.10. The topological polar surface area (TPSA) is 84.6 Å². The van der Waals surface area contributed by atoms with E-state index in [9.17, 15) is 4.79 Å². The third-order valence-electron chi connectivity index (χ3n) is 4.41. The molecule has 0 bridgehead atoms. The van der Waals surface area contributed by atoms with Gasteiger partial charge >= 0.3 is 6.09 Å². The molecule has 8 nitrogen and oxygen atoms in total. The Hall–Kier alpha value is -2.64. The van der Waals surface area contributed by atoms with Crippen molar-refractivity contribution in [2.24, 2.45) is 0 Å². The molecule has 1 aliphatic heterocycles. The van der Waals surface area contributed by atoms with Gasteiger partial charge in [-0.05, 0) is 25.0 Å². The summed E-state index contributed by atoms with van der Waals surface area (Å²) in [6, 6.07) is 3.91. The standard InChI is InChI=1S/C16H19N5O3/c1-23-16(22)21-8-6-20(7-9-21)13-5-4-12(10-17-13)14-18-15(24-19-14)11-2-3-11/h4-5,10-11H,2-3,6-9H2,1H3. The molecule has 1 saturated heterocycles. The highest BCUT2D eigenvalue weighted by molar-refractivity contribution is 5.68. The average molecular weight is 329 g/mol. The number of hydrogen-bond acceptors (Lipinski definition) is 7. The first-order valence-corrected chi connectivity index (χ1v) is 8.12. The highest BCUT2D eigenvalue weighted by Crippen LogP contribution is 2.39. The maximum Gasteiger partial charge on any atom is 0.409 e. The van der Waals surface area contributed by atoms with Crippen LogP contribution in [0.5, 0.6) is 0 Å². The van der Waals surface area contributed by atoms with Crippen LogP contribution in [0.2, 0.25) is 0 Å². The van der Waals surface area contributed by atoms with Crippen LogP contribution in [0.1, 0.15) is 24.7 Å². The maximum atomic E-state index is 11.5. The van der Waals surface area contributed by atoms with Crippen LogP contribution in [0.25, 0.3) is 11.4 Å². The molecule has 0 N–H and O–H groups in total. The fourth-order valence-electron chi connectivity index (χ4n) is 2.80. The van der Waals surface area contributed by atoms with E-state index >= 15 is 0 Å². The number of carbonyl (C=O) groups excluding carboxylic acids is 1. The molecule has 0 radical (unpaired) electrons. The second-order valence-electron chi connectivity index (χ2n) is 6.08. The highest BCUT2D eigenvalue weighted by atomic mass is 16.5. The second-order valence-corrected chi connectivity index (χ2v) is 6.08. The summed E-state index contributed by atoms with van der Waals surface area (Å²) in [5.74, 6) is 2.65. The number of piperazine rings is 1. The van der Waals surface area contributed by atoms with Crippen LogP contribution < -0.4 is 4.90 Å². The lowest BCUT2D eigenvalue weighted by Crippen LogP contribution is -2.49. The van der Waals surface area contributed by atoms with Gasteiger partial charge in [-0.1, -0.05) is 5.16 Å². The smallest absolute Gasteiger partial charge is 0.409 e. The molecule has 0 aromatic carbocycles. The predicted molar refractivity (Wildman–Crippen MR) is 85.7 cm³/mol. The third kappa shape index (κ3) is 2.91. The van der Waals surface area contributed by atoms with Crippen molar-refractivity contribution in [3.8, 4) is 11.4 Å². The minimum absolute atomic E-state index is 0.276. The summed E-state index contributed by atoms with van der Waals surface area (Å²) in [5.41, 5.74) is 0.850. The summed E-state index contributed by atoms with van der Waals surface area (Å²) in [7, 11) is 1.40. The largest absolute Gasteiger partial charge is 0.453 e. The molecule has 24 heavy (non-hydrogen) atoms. The molecule has 2 fully saturated rings. The Morgan fingerprint density at radius 2 is 2.04 bits per heavy atom. The van der Waals surface area contributed by atoms with Gasteiger partial charge in [0.05, 0.1) is 7.11 Å². The summed E-state index contributed by atoms with van der Waals surface area (Å²) < 4.78 is 10.0. The lowest BCUT2D eigenvalue weighted by Gasteiger charge is -2.34. The van der Waals surface area contributed by atoms with Gasteiger partial charge in [-0.25, -0.2) is 9.78 Å². The Labute approximate surface area is 139 Å². The quantitative estimate of drug-likeness (QED) is 0.850. The molecule has 2 aliphatic rings. The fraction of sp³-hybridized carbons (Fsp3) is 0.500. The minimum Gasteiger partial charge on any atom is -0.453 e. The molecule has 0 spiro atoms. The number of carbonyl (C=O) groups is 1. The molecular weight excluding hydrogens is 310 g/mol. The molecule has 1 saturated carbocycles. The zero-order valence-corrected chi connectivity index (χ0v) is 13.5. The average Bonchev–Trinajstić information content (AvgIpc) is 3.38. The van der Waals surface area contributed by atoms with Crippen LogP contribution >= 0.6 is 0 Å². The summed E-state index contributed by atoms with van der Waals surface area (Å²) in [5, 5.41) is 4.03. The number of rotatable bonds is 3. The van der Waals surface area contributed by atoms with Crippen molar-refractivity contribution >= 4 is 11.9 Å². The van der Waals surface area contributed by atoms with E-state index in [0.717, 1.165) is 43.2 Å². The van der Waals surface area contributed by atoms with E-state index in [-0.39, 0.29) is 6.09 Å². The molecule has 4 rings (SSSR count). The van der Waals surface area contributed by atoms with Gasteiger partial charge < -0.3 is 19.1 Å². The zero-order chi connectivity index (χ0) is 16.5. The molecule has 1 aliphatic carbocycles. The first-order chi connectivity index (χ1) is 11.7. The van der Waals surface area contributed by atoms with Gasteiger partial charge in [-0.15, -0.1) is 0 Å². The number of nitrogens with zero attached hydrogens (tertiary/aromatic N) is 5. The first-order valence-electron chi connectivity index (χ1n) is 8.12. The van der Waals surface area contributed by atoms with Crippen LogP contribution in [-0.2, 0) is 4.74 Å². The van der Waals surface area contributed by atoms with Crippen molar-refractivity contribution in [2.75, 3.05) is 38.2 Å². The van der Waals surface area contributed by atoms with Crippen molar-refractivity contribution in [3.63, 3.8) is 0 Å². The number of amides is 1. The molecule has 3 heterocycles. The lowest BCUT2D eigenvalue weighted by molar-refractivity contribution is 0.121. The summed E-state index contributed by atoms with van der Waals surface area (Å²) in [4.78, 5) is 24.3. The highest BCUT2D eigenvalue weighted by Gasteiger charge is 2.30. The van der Waals surface area contributed by atoms with E-state index < -0.39 is 0 Å². The van der Waals surface area contributed by atoms with Crippen LogP contribution in [-0.4, -0.2) is 59.4 Å². The van der Waals surface area contributed by atoms with E-state index in [1.165, 1.54) is 7.11 Å². The molecule has 1 amide bonds. The van der Waals surface area contributed by atoms with Crippen molar-refractivity contribution in [1.82, 2.24) is 20.0 Å². The SMILES string of the molecule is COC(=O)N1CCN(c2ccc(-c3noc(C4CC4)n3)cn2)CC1. The number of pyridine rings is 1. The zero-order valence-electron chi connectivity index (χ0n) is 13.5. The van der Waals surface area contributed by atoms with Crippen molar-refractivity contribution < 1.29 is 14.1 Å². The van der Waals surface area contributed by atoms with Crippen LogP contribution in [0.15, 0.2) is 22.9 Å². The normalized spacial score (nSPS) is 17.9. The Kier molecular flexibility index (Phi) is 3.79. The summed E-state index contributed by atoms with van der Waals surface area (Å²) in [6.07, 6.45) is 3.76. The molecular formula is C16H19N5O3. The lowest BCUT2D eigenvalue weighted by atomic mass is 10.2. The molecule has 126 valence electrons. The number of methoxy groups -OCH3 is 1. The Morgan fingerprint density at radius 1 is 1.25 bits per heavy atom. The summed E-state index contributed by atoms with van der Waals surface area (Å²) >= 11 is 0. The maximum absolute atomic E-state index is 11.5. The van der Waals surface area contributed by atoms with Crippen LogP contribution in [0.4, 0.5) is 10.6 Å². The molecule has 2 aromatic heterocycles. The van der Waals surface area contributed by atoms with Gasteiger partial charge in [-0.3, -0.25) is 0 Å². The van der Waals surface area contributed by atoms with E-state index in [0.29, 0.717) is 24.8 Å². The summed E-state index contributed by atoms with van der Waals surface area (Å²) in [6.45, 7) is 2.72. The van der Waals surface area contributed by atoms with Crippen LogP contribution in [0.3, 0.4) is 0 Å². The molecule has 0 atom stereocenters. The van der Waals surface area contributed by atoms with E-state index in [4.69, 9.17) is 9.26 Å². The van der Waals surface area contributed by atoms with Gasteiger partial charge in [0.2, 0.25) is 11.7 Å². The van der Waals surface area contributed by atoms with E-state index in [1.807, 2.05) is 12.1 Å². The number of hydrogen-bond donors (Lipinski definition) is 0. The third-order valence-corrected chi connectivity index (χ3v) is 4.41. The van der Waals surface area contributed by atoms with Crippen molar-refractivity contribution in [2.45, 2.75) is 18.8 Å². The van der Waals surface area contributed by atoms with Gasteiger partial charge in [0.25, 0.3) is 0 Å². The number of ether oxygens (including phenoxy) is 1. The van der Waals surface area contributed by atoms with E-state index in [2.05, 4.69) is 20.0 Å².